The molecule has 0 aliphatic carbocycles. The lowest BCUT2D eigenvalue weighted by Crippen LogP contribution is -2.08. The predicted octanol–water partition coefficient (Wildman–Crippen LogP) is 3.94. The van der Waals surface area contributed by atoms with E-state index in [1.54, 1.807) is 27.7 Å². The van der Waals surface area contributed by atoms with Crippen LogP contribution >= 0.6 is 0 Å². The molecule has 7 heteroatoms. The number of aromatic hydroxyl groups is 2. The number of aromatic nitrogens is 1. The van der Waals surface area contributed by atoms with Gasteiger partial charge in [-0.1, -0.05) is 0 Å². The predicted molar refractivity (Wildman–Crippen MR) is 90.5 cm³/mol. The fraction of sp³-hybridized carbons (Fsp3) is 0.444. The van der Waals surface area contributed by atoms with Crippen LogP contribution < -0.4 is 0 Å². The van der Waals surface area contributed by atoms with Crippen LogP contribution in [0.1, 0.15) is 58.4 Å². The number of rotatable bonds is 2. The first kappa shape index (κ1) is 16.0. The molecule has 0 amide bonds. The molecule has 3 heterocycles. The minimum absolute atomic E-state index is 0.0291. The van der Waals surface area contributed by atoms with Gasteiger partial charge in [-0.05, 0) is 51.7 Å². The van der Waals surface area contributed by atoms with Crippen LogP contribution in [0.2, 0.25) is 0 Å². The molecule has 0 radical (unpaired) electrons. The summed E-state index contributed by atoms with van der Waals surface area (Å²) in [7, 11) is 0. The summed E-state index contributed by atoms with van der Waals surface area (Å²) in [6, 6.07) is 0. The average molecular weight is 344 g/mol. The fourth-order valence-corrected chi connectivity index (χ4v) is 4.37. The van der Waals surface area contributed by atoms with Gasteiger partial charge in [0, 0.05) is 11.1 Å². The van der Waals surface area contributed by atoms with Crippen molar-refractivity contribution in [1.29, 1.82) is 0 Å². The van der Waals surface area contributed by atoms with Crippen molar-refractivity contribution in [2.24, 2.45) is 0 Å². The molecule has 2 atom stereocenters. The first-order chi connectivity index (χ1) is 11.8. The van der Waals surface area contributed by atoms with Crippen molar-refractivity contribution >= 4 is 5.69 Å². The van der Waals surface area contributed by atoms with E-state index in [1.807, 2.05) is 0 Å². The molecule has 0 unspecified atom stereocenters. The lowest BCUT2D eigenvalue weighted by atomic mass is 9.95. The largest absolute Gasteiger partial charge is 0.494 e. The quantitative estimate of drug-likeness (QED) is 0.635. The molecule has 1 aromatic heterocycles. The smallest absolute Gasteiger partial charge is 0.275 e. The Labute approximate surface area is 144 Å². The van der Waals surface area contributed by atoms with Crippen molar-refractivity contribution in [3.05, 3.63) is 43.5 Å². The number of ether oxygens (including phenoxy) is 1. The number of nitrogens with zero attached hydrogens (tertiary/aromatic N) is 2. The summed E-state index contributed by atoms with van der Waals surface area (Å²) in [5.41, 5.74) is 4.40. The van der Waals surface area contributed by atoms with Crippen molar-refractivity contribution in [1.82, 2.24) is 4.57 Å². The molecular formula is C18H20N2O5. The van der Waals surface area contributed by atoms with Gasteiger partial charge in [0.05, 0.1) is 33.9 Å². The molecule has 132 valence electrons. The van der Waals surface area contributed by atoms with E-state index in [1.165, 1.54) is 4.57 Å². The van der Waals surface area contributed by atoms with E-state index < -0.39 is 0 Å². The maximum Gasteiger partial charge on any atom is 0.275 e. The van der Waals surface area contributed by atoms with E-state index in [0.717, 1.165) is 12.8 Å². The van der Waals surface area contributed by atoms with Crippen LogP contribution in [0.5, 0.6) is 11.8 Å². The average Bonchev–Trinajstić information content (AvgIpc) is 3.22. The maximum absolute atomic E-state index is 11.4. The van der Waals surface area contributed by atoms with Crippen LogP contribution in [0.3, 0.4) is 0 Å². The SMILES string of the molecule is Cc1c(C)c([N+](=O)[O-])c(C)c(C)c1-n1c(O)c2c(c1O)[C@H]1CC[C@@H]2O1. The van der Waals surface area contributed by atoms with Gasteiger partial charge >= 0.3 is 0 Å². The Morgan fingerprint density at radius 1 is 0.960 bits per heavy atom. The molecule has 2 bridgehead atoms. The summed E-state index contributed by atoms with van der Waals surface area (Å²) in [6.07, 6.45) is 1.27. The fourth-order valence-electron chi connectivity index (χ4n) is 4.37. The summed E-state index contributed by atoms with van der Waals surface area (Å²) >= 11 is 0. The number of nitro groups is 1. The second-order valence-corrected chi connectivity index (χ2v) is 6.96. The third-order valence-electron chi connectivity index (χ3n) is 5.81. The summed E-state index contributed by atoms with van der Waals surface area (Å²) in [6.45, 7) is 6.95. The highest BCUT2D eigenvalue weighted by molar-refractivity contribution is 5.68. The Kier molecular flexibility index (Phi) is 3.18. The highest BCUT2D eigenvalue weighted by atomic mass is 16.6. The van der Waals surface area contributed by atoms with Crippen molar-refractivity contribution in [3.63, 3.8) is 0 Å². The van der Waals surface area contributed by atoms with Crippen LogP contribution in [0.4, 0.5) is 5.69 Å². The Balaban J connectivity index is 2.04. The van der Waals surface area contributed by atoms with Gasteiger partial charge in [0.15, 0.2) is 0 Å². The van der Waals surface area contributed by atoms with Crippen molar-refractivity contribution in [2.45, 2.75) is 52.7 Å². The van der Waals surface area contributed by atoms with E-state index in [9.17, 15) is 20.3 Å². The molecule has 1 saturated heterocycles. The normalized spacial score (nSPS) is 21.0. The monoisotopic (exact) mass is 344 g/mol. The van der Waals surface area contributed by atoms with Crippen molar-refractivity contribution in [3.8, 4) is 17.4 Å². The Morgan fingerprint density at radius 3 is 1.80 bits per heavy atom. The molecular weight excluding hydrogens is 324 g/mol. The number of hydrogen-bond donors (Lipinski definition) is 2. The molecule has 2 N–H and O–H groups in total. The van der Waals surface area contributed by atoms with Gasteiger partial charge in [-0.3, -0.25) is 14.7 Å². The molecule has 1 fully saturated rings. The summed E-state index contributed by atoms with van der Waals surface area (Å²) in [4.78, 5) is 11.0. The van der Waals surface area contributed by atoms with E-state index in [0.29, 0.717) is 39.1 Å². The zero-order valence-corrected chi connectivity index (χ0v) is 14.6. The van der Waals surface area contributed by atoms with Gasteiger partial charge < -0.3 is 14.9 Å². The van der Waals surface area contributed by atoms with Crippen molar-refractivity contribution < 1.29 is 19.9 Å². The highest BCUT2D eigenvalue weighted by Crippen LogP contribution is 2.59. The molecule has 4 rings (SSSR count). The third-order valence-corrected chi connectivity index (χ3v) is 5.81. The van der Waals surface area contributed by atoms with Gasteiger partial charge in [-0.25, -0.2) is 0 Å². The van der Waals surface area contributed by atoms with Crippen molar-refractivity contribution in [2.75, 3.05) is 0 Å². The first-order valence-corrected chi connectivity index (χ1v) is 8.32. The van der Waals surface area contributed by atoms with Gasteiger partial charge in [0.1, 0.15) is 0 Å². The molecule has 2 aromatic rings. The van der Waals surface area contributed by atoms with Crippen LogP contribution in [0, 0.1) is 37.8 Å². The van der Waals surface area contributed by atoms with Gasteiger partial charge in [-0.2, -0.15) is 0 Å². The van der Waals surface area contributed by atoms with Gasteiger partial charge in [0.25, 0.3) is 5.69 Å². The maximum atomic E-state index is 11.4. The molecule has 0 saturated carbocycles. The molecule has 25 heavy (non-hydrogen) atoms. The Hall–Kier alpha value is -2.54. The topological polar surface area (TPSA) is 97.8 Å². The molecule has 1 aromatic carbocycles. The third kappa shape index (κ3) is 1.84. The van der Waals surface area contributed by atoms with Crippen LogP contribution in [0.25, 0.3) is 5.69 Å². The van der Waals surface area contributed by atoms with E-state index >= 15 is 0 Å². The lowest BCUT2D eigenvalue weighted by molar-refractivity contribution is -0.386. The lowest BCUT2D eigenvalue weighted by Gasteiger charge is -2.19. The van der Waals surface area contributed by atoms with Gasteiger partial charge in [0.2, 0.25) is 11.8 Å². The summed E-state index contributed by atoms with van der Waals surface area (Å²) < 4.78 is 7.19. The van der Waals surface area contributed by atoms with E-state index in [-0.39, 0.29) is 34.6 Å². The molecule has 0 spiro atoms. The van der Waals surface area contributed by atoms with E-state index in [4.69, 9.17) is 4.74 Å². The minimum Gasteiger partial charge on any atom is -0.494 e. The highest BCUT2D eigenvalue weighted by Gasteiger charge is 2.46. The van der Waals surface area contributed by atoms with E-state index in [2.05, 4.69) is 0 Å². The number of nitro benzene ring substituents is 1. The first-order valence-electron chi connectivity index (χ1n) is 8.32. The Morgan fingerprint density at radius 2 is 1.40 bits per heavy atom. The zero-order valence-electron chi connectivity index (χ0n) is 14.6. The minimum atomic E-state index is -0.377. The summed E-state index contributed by atoms with van der Waals surface area (Å²) in [5.74, 6) is -0.0582. The molecule has 2 aliphatic rings. The Bertz CT molecular complexity index is 881. The number of fused-ring (bicyclic) bond motifs is 5. The van der Waals surface area contributed by atoms with Crippen LogP contribution in [-0.4, -0.2) is 19.7 Å². The standard InChI is InChI=1S/C18H20N2O5/c1-7-9(3)16(20(23)24)10(4)8(2)15(7)19-17(21)13-11-5-6-12(25-11)14(13)18(19)22/h11-12,21-22H,5-6H2,1-4H3/t11-,12+. The zero-order chi connectivity index (χ0) is 18.2. The van der Waals surface area contributed by atoms with Crippen LogP contribution in [0.15, 0.2) is 0 Å². The number of benzene rings is 1. The molecule has 2 aliphatic heterocycles. The summed E-state index contributed by atoms with van der Waals surface area (Å²) in [5, 5.41) is 33.0. The molecule has 7 nitrogen and oxygen atoms in total. The number of hydrogen-bond acceptors (Lipinski definition) is 5. The van der Waals surface area contributed by atoms with Crippen LogP contribution in [-0.2, 0) is 4.74 Å². The second kappa shape index (κ2) is 4.98. The van der Waals surface area contributed by atoms with Gasteiger partial charge in [-0.15, -0.1) is 0 Å². The second-order valence-electron chi connectivity index (χ2n) is 6.96.